The second kappa shape index (κ2) is 8.37. The molecule has 0 unspecified atom stereocenters. The maximum atomic E-state index is 11.4. The largest absolute Gasteiger partial charge is 0.482 e. The number of nitrogens with one attached hydrogen (secondary N) is 1. The number of rotatable bonds is 7. The van der Waals surface area contributed by atoms with Crippen LogP contribution in [0.5, 0.6) is 5.75 Å². The van der Waals surface area contributed by atoms with E-state index in [-0.39, 0.29) is 24.9 Å². The number of carbonyl (C=O) groups excluding carboxylic acids is 2. The van der Waals surface area contributed by atoms with E-state index >= 15 is 0 Å². The number of para-hydroxylation sites is 1. The minimum Gasteiger partial charge on any atom is -0.482 e. The van der Waals surface area contributed by atoms with Gasteiger partial charge in [0, 0.05) is 13.0 Å². The van der Waals surface area contributed by atoms with Crippen LogP contribution < -0.4 is 10.1 Å². The number of hydrogen-bond donors (Lipinski definition) is 1. The Hall–Kier alpha value is -1.75. The van der Waals surface area contributed by atoms with Crippen LogP contribution in [0.4, 0.5) is 0 Å². The lowest BCUT2D eigenvalue weighted by atomic mass is 10.3. The molecule has 104 valence electrons. The average molecular weight is 286 g/mol. The summed E-state index contributed by atoms with van der Waals surface area (Å²) < 4.78 is 9.75. The summed E-state index contributed by atoms with van der Waals surface area (Å²) in [4.78, 5) is 22.3. The molecule has 0 bridgehead atoms. The lowest BCUT2D eigenvalue weighted by Gasteiger charge is -2.08. The molecule has 1 amide bonds. The van der Waals surface area contributed by atoms with E-state index in [0.29, 0.717) is 23.7 Å². The first-order valence-corrected chi connectivity index (χ1v) is 6.22. The summed E-state index contributed by atoms with van der Waals surface area (Å²) in [5.74, 6) is -0.0831. The minimum absolute atomic E-state index is 0.109. The van der Waals surface area contributed by atoms with Gasteiger partial charge in [-0.3, -0.25) is 9.59 Å². The Morgan fingerprint density at radius 3 is 2.74 bits per heavy atom. The molecule has 1 rings (SSSR count). The monoisotopic (exact) mass is 285 g/mol. The predicted octanol–water partition coefficient (Wildman–Crippen LogP) is 1.79. The molecule has 0 aliphatic rings. The molecule has 0 aliphatic heterocycles. The van der Waals surface area contributed by atoms with Crippen LogP contribution in [0, 0.1) is 0 Å². The summed E-state index contributed by atoms with van der Waals surface area (Å²) in [6, 6.07) is 6.93. The lowest BCUT2D eigenvalue weighted by Crippen LogP contribution is -2.30. The van der Waals surface area contributed by atoms with Gasteiger partial charge < -0.3 is 14.8 Å². The molecule has 0 saturated carbocycles. The third-order valence-corrected chi connectivity index (χ3v) is 2.62. The number of benzene rings is 1. The number of ether oxygens (including phenoxy) is 2. The second-order valence-corrected chi connectivity index (χ2v) is 4.16. The highest BCUT2D eigenvalue weighted by atomic mass is 35.5. The number of hydrogen-bond acceptors (Lipinski definition) is 4. The van der Waals surface area contributed by atoms with Crippen molar-refractivity contribution in [3.05, 3.63) is 29.3 Å². The molecule has 0 heterocycles. The zero-order valence-corrected chi connectivity index (χ0v) is 11.4. The van der Waals surface area contributed by atoms with Crippen molar-refractivity contribution in [2.24, 2.45) is 0 Å². The highest BCUT2D eigenvalue weighted by molar-refractivity contribution is 6.32. The highest BCUT2D eigenvalue weighted by Gasteiger charge is 2.05. The molecule has 5 nitrogen and oxygen atoms in total. The quantitative estimate of drug-likeness (QED) is 0.613. The highest BCUT2D eigenvalue weighted by Crippen LogP contribution is 2.22. The fourth-order valence-electron chi connectivity index (χ4n) is 1.32. The third kappa shape index (κ3) is 6.10. The van der Waals surface area contributed by atoms with Crippen molar-refractivity contribution in [3.8, 4) is 5.75 Å². The van der Waals surface area contributed by atoms with E-state index in [1.54, 1.807) is 24.3 Å². The van der Waals surface area contributed by atoms with Crippen LogP contribution in [-0.2, 0) is 14.3 Å². The fourth-order valence-corrected chi connectivity index (χ4v) is 1.51. The molecule has 1 aromatic carbocycles. The van der Waals surface area contributed by atoms with E-state index in [9.17, 15) is 9.59 Å². The Bertz CT molecular complexity index is 436. The van der Waals surface area contributed by atoms with Crippen molar-refractivity contribution in [3.63, 3.8) is 0 Å². The van der Waals surface area contributed by atoms with Gasteiger partial charge >= 0.3 is 5.97 Å². The fraction of sp³-hybridized carbons (Fsp3) is 0.385. The van der Waals surface area contributed by atoms with Gasteiger partial charge in [0.1, 0.15) is 5.75 Å². The summed E-state index contributed by atoms with van der Waals surface area (Å²) in [5.41, 5.74) is 0. The SMILES string of the molecule is COC(=O)CCCNC(=O)COc1ccccc1Cl. The first-order valence-electron chi connectivity index (χ1n) is 5.84. The first-order chi connectivity index (χ1) is 9.13. The molecule has 6 heteroatoms. The molecule has 0 saturated heterocycles. The van der Waals surface area contributed by atoms with Crippen LogP contribution in [0.3, 0.4) is 0 Å². The minimum atomic E-state index is -0.290. The van der Waals surface area contributed by atoms with Gasteiger partial charge in [0.15, 0.2) is 6.61 Å². The van der Waals surface area contributed by atoms with E-state index in [4.69, 9.17) is 16.3 Å². The van der Waals surface area contributed by atoms with Gasteiger partial charge in [0.05, 0.1) is 12.1 Å². The number of esters is 1. The van der Waals surface area contributed by atoms with Crippen LogP contribution in [-0.4, -0.2) is 32.1 Å². The number of amides is 1. The Labute approximate surface area is 116 Å². The van der Waals surface area contributed by atoms with Crippen LogP contribution in [0.1, 0.15) is 12.8 Å². The normalized spacial score (nSPS) is 9.79. The number of carbonyl (C=O) groups is 2. The molecule has 1 aromatic rings. The zero-order chi connectivity index (χ0) is 14.1. The van der Waals surface area contributed by atoms with Crippen molar-refractivity contribution in [2.45, 2.75) is 12.8 Å². The predicted molar refractivity (Wildman–Crippen MR) is 71.2 cm³/mol. The van der Waals surface area contributed by atoms with Crippen LogP contribution in [0.15, 0.2) is 24.3 Å². The van der Waals surface area contributed by atoms with Crippen LogP contribution in [0.2, 0.25) is 5.02 Å². The zero-order valence-electron chi connectivity index (χ0n) is 10.6. The summed E-state index contributed by atoms with van der Waals surface area (Å²) in [6.07, 6.45) is 0.812. The van der Waals surface area contributed by atoms with Crippen molar-refractivity contribution in [1.82, 2.24) is 5.32 Å². The lowest BCUT2D eigenvalue weighted by molar-refractivity contribution is -0.140. The molecule has 0 radical (unpaired) electrons. The Morgan fingerprint density at radius 1 is 1.32 bits per heavy atom. The second-order valence-electron chi connectivity index (χ2n) is 3.75. The summed E-state index contributed by atoms with van der Waals surface area (Å²) in [5, 5.41) is 3.10. The molecule has 1 N–H and O–H groups in total. The smallest absolute Gasteiger partial charge is 0.305 e. The summed E-state index contributed by atoms with van der Waals surface area (Å²) >= 11 is 5.88. The first kappa shape index (κ1) is 15.3. The molecule has 19 heavy (non-hydrogen) atoms. The van der Waals surface area contributed by atoms with E-state index < -0.39 is 0 Å². The third-order valence-electron chi connectivity index (χ3n) is 2.30. The van der Waals surface area contributed by atoms with Gasteiger partial charge in [0.2, 0.25) is 0 Å². The van der Waals surface area contributed by atoms with E-state index in [1.807, 2.05) is 0 Å². The van der Waals surface area contributed by atoms with Crippen LogP contribution >= 0.6 is 11.6 Å². The maximum absolute atomic E-state index is 11.4. The summed E-state index contributed by atoms with van der Waals surface area (Å²) in [6.45, 7) is 0.293. The van der Waals surface area contributed by atoms with Gasteiger partial charge in [-0.2, -0.15) is 0 Å². The van der Waals surface area contributed by atoms with Crippen molar-refractivity contribution in [2.75, 3.05) is 20.3 Å². The van der Waals surface area contributed by atoms with Gasteiger partial charge in [-0.15, -0.1) is 0 Å². The number of methoxy groups -OCH3 is 1. The van der Waals surface area contributed by atoms with E-state index in [0.717, 1.165) is 0 Å². The Balaban J connectivity index is 2.18. The summed E-state index contributed by atoms with van der Waals surface area (Å²) in [7, 11) is 1.33. The van der Waals surface area contributed by atoms with E-state index in [1.165, 1.54) is 7.11 Å². The standard InChI is InChI=1S/C13H16ClNO4/c1-18-13(17)7-4-8-15-12(16)9-19-11-6-3-2-5-10(11)14/h2-3,5-6H,4,7-9H2,1H3,(H,15,16). The van der Waals surface area contributed by atoms with Crippen molar-refractivity contribution < 1.29 is 19.1 Å². The van der Waals surface area contributed by atoms with E-state index in [2.05, 4.69) is 10.1 Å². The molecule has 0 fully saturated rings. The van der Waals surface area contributed by atoms with Crippen molar-refractivity contribution >= 4 is 23.5 Å². The topological polar surface area (TPSA) is 64.6 Å². The Morgan fingerprint density at radius 2 is 2.05 bits per heavy atom. The van der Waals surface area contributed by atoms with Crippen molar-refractivity contribution in [1.29, 1.82) is 0 Å². The average Bonchev–Trinajstić information content (AvgIpc) is 2.42. The molecule has 0 aromatic heterocycles. The number of halogens is 1. The van der Waals surface area contributed by atoms with Gasteiger partial charge in [0.25, 0.3) is 5.91 Å². The molecule has 0 aliphatic carbocycles. The molecule has 0 atom stereocenters. The molecule has 0 spiro atoms. The van der Waals surface area contributed by atoms with Crippen LogP contribution in [0.25, 0.3) is 0 Å². The maximum Gasteiger partial charge on any atom is 0.305 e. The van der Waals surface area contributed by atoms with Gasteiger partial charge in [-0.25, -0.2) is 0 Å². The van der Waals surface area contributed by atoms with Gasteiger partial charge in [-0.1, -0.05) is 23.7 Å². The Kier molecular flexibility index (Phi) is 6.74. The molecular weight excluding hydrogens is 270 g/mol. The van der Waals surface area contributed by atoms with Gasteiger partial charge in [-0.05, 0) is 18.6 Å². The molecular formula is C13H16ClNO4.